The first-order chi connectivity index (χ1) is 20.2. The summed E-state index contributed by atoms with van der Waals surface area (Å²) in [5, 5.41) is 8.61. The second-order valence-electron chi connectivity index (χ2n) is 11.2. The highest BCUT2D eigenvalue weighted by Gasteiger charge is 2.46. The van der Waals surface area contributed by atoms with Crippen LogP contribution in [0.15, 0.2) is 60.9 Å². The molecule has 0 unspecified atom stereocenters. The first kappa shape index (κ1) is 33.1. The summed E-state index contributed by atoms with van der Waals surface area (Å²) in [5.74, 6) is 3.70. The molecule has 8 nitrogen and oxygen atoms in total. The molecule has 12 heteroatoms. The standard InChI is InChI=1S/C31H33F3N4O4S/c1-20(2)42-26(39)31(19-30(3,4)5,37-28(43)36-29(40)41-18-21-9-7-6-8-10-21)24-14-13-23(25(32)15-24)12-11-22-16-35-38(17-22)27(33)34/h6-10,13-17,20,27H,18-19H2,1-5H3,(H2,36,37,40,43)/t31-/m1/s1. The molecule has 228 valence electrons. The van der Waals surface area contributed by atoms with E-state index in [2.05, 4.69) is 27.6 Å². The topological polar surface area (TPSA) is 94.5 Å². The highest BCUT2D eigenvalue weighted by atomic mass is 32.1. The second-order valence-corrected chi connectivity index (χ2v) is 11.6. The Kier molecular flexibility index (Phi) is 10.9. The molecule has 1 amide bonds. The fraction of sp³-hybridized carbons (Fsp3) is 0.355. The summed E-state index contributed by atoms with van der Waals surface area (Å²) in [6.07, 6.45) is 0.905. The van der Waals surface area contributed by atoms with Gasteiger partial charge in [0, 0.05) is 6.20 Å². The number of rotatable bonds is 8. The summed E-state index contributed by atoms with van der Waals surface area (Å²) in [4.78, 5) is 26.2. The van der Waals surface area contributed by atoms with Gasteiger partial charge in [-0.1, -0.05) is 69.0 Å². The van der Waals surface area contributed by atoms with E-state index in [0.29, 0.717) is 4.68 Å². The molecule has 1 heterocycles. The maximum Gasteiger partial charge on any atom is 0.413 e. The number of amides is 1. The number of carbonyl (C=O) groups excluding carboxylic acids is 2. The highest BCUT2D eigenvalue weighted by Crippen LogP contribution is 2.37. The number of esters is 1. The molecular weight excluding hydrogens is 581 g/mol. The molecule has 0 saturated heterocycles. The molecular formula is C31H33F3N4O4S. The Bertz CT molecular complexity index is 1510. The van der Waals surface area contributed by atoms with Crippen LogP contribution in [0.4, 0.5) is 18.0 Å². The van der Waals surface area contributed by atoms with Crippen LogP contribution in [0.5, 0.6) is 0 Å². The van der Waals surface area contributed by atoms with Gasteiger partial charge in [0.15, 0.2) is 10.7 Å². The van der Waals surface area contributed by atoms with E-state index in [9.17, 15) is 18.4 Å². The van der Waals surface area contributed by atoms with Crippen LogP contribution in [0.25, 0.3) is 0 Å². The van der Waals surface area contributed by atoms with Gasteiger partial charge in [-0.05, 0) is 61.2 Å². The number of benzene rings is 2. The zero-order valence-corrected chi connectivity index (χ0v) is 25.2. The van der Waals surface area contributed by atoms with Gasteiger partial charge >= 0.3 is 18.6 Å². The van der Waals surface area contributed by atoms with Crippen LogP contribution < -0.4 is 10.6 Å². The predicted octanol–water partition coefficient (Wildman–Crippen LogP) is 6.20. The Hall–Kier alpha value is -4.37. The molecule has 3 rings (SSSR count). The van der Waals surface area contributed by atoms with Crippen molar-refractivity contribution in [1.29, 1.82) is 0 Å². The summed E-state index contributed by atoms with van der Waals surface area (Å²) < 4.78 is 52.3. The van der Waals surface area contributed by atoms with Crippen molar-refractivity contribution in [2.24, 2.45) is 5.41 Å². The lowest BCUT2D eigenvalue weighted by molar-refractivity contribution is -0.157. The van der Waals surface area contributed by atoms with Crippen molar-refractivity contribution in [3.63, 3.8) is 0 Å². The molecule has 0 fully saturated rings. The Morgan fingerprint density at radius 1 is 1.09 bits per heavy atom. The molecule has 0 saturated carbocycles. The lowest BCUT2D eigenvalue weighted by Gasteiger charge is -2.39. The highest BCUT2D eigenvalue weighted by molar-refractivity contribution is 7.80. The largest absolute Gasteiger partial charge is 0.461 e. The molecule has 3 aromatic rings. The third kappa shape index (κ3) is 9.58. The summed E-state index contributed by atoms with van der Waals surface area (Å²) in [6, 6.07) is 13.0. The van der Waals surface area contributed by atoms with E-state index in [1.165, 1.54) is 12.1 Å². The third-order valence-electron chi connectivity index (χ3n) is 5.85. The van der Waals surface area contributed by atoms with Crippen molar-refractivity contribution in [3.05, 3.63) is 89.0 Å². The first-order valence-corrected chi connectivity index (χ1v) is 13.7. The van der Waals surface area contributed by atoms with Crippen molar-refractivity contribution in [3.8, 4) is 11.8 Å². The summed E-state index contributed by atoms with van der Waals surface area (Å²) >= 11 is 5.40. The van der Waals surface area contributed by atoms with Crippen molar-refractivity contribution >= 4 is 29.4 Å². The first-order valence-electron chi connectivity index (χ1n) is 13.3. The molecule has 0 spiro atoms. The number of hydrogen-bond donors (Lipinski definition) is 2. The minimum atomic E-state index is -2.83. The van der Waals surface area contributed by atoms with Gasteiger partial charge in [-0.3, -0.25) is 5.32 Å². The van der Waals surface area contributed by atoms with Crippen molar-refractivity contribution in [2.45, 2.75) is 65.8 Å². The van der Waals surface area contributed by atoms with Crippen LogP contribution in [0.3, 0.4) is 0 Å². The van der Waals surface area contributed by atoms with E-state index in [-0.39, 0.29) is 34.8 Å². The third-order valence-corrected chi connectivity index (χ3v) is 6.05. The van der Waals surface area contributed by atoms with Crippen LogP contribution in [0.1, 0.15) is 69.8 Å². The van der Waals surface area contributed by atoms with E-state index >= 15 is 4.39 Å². The van der Waals surface area contributed by atoms with E-state index in [1.807, 2.05) is 26.8 Å². The van der Waals surface area contributed by atoms with E-state index in [0.717, 1.165) is 24.0 Å². The zero-order valence-electron chi connectivity index (χ0n) is 24.4. The number of alkyl halides is 2. The molecule has 1 aromatic heterocycles. The van der Waals surface area contributed by atoms with Gasteiger partial charge in [0.2, 0.25) is 0 Å². The average Bonchev–Trinajstić information content (AvgIpc) is 3.40. The van der Waals surface area contributed by atoms with E-state index < -0.39 is 41.5 Å². The average molecular weight is 615 g/mol. The molecule has 0 radical (unpaired) electrons. The number of thiocarbonyl (C=S) groups is 1. The summed E-state index contributed by atoms with van der Waals surface area (Å²) in [5.41, 5.74) is -1.18. The molecule has 0 aliphatic carbocycles. The Balaban J connectivity index is 1.94. The van der Waals surface area contributed by atoms with E-state index in [4.69, 9.17) is 21.7 Å². The Labute approximate surface area is 253 Å². The minimum Gasteiger partial charge on any atom is -0.461 e. The van der Waals surface area contributed by atoms with Gasteiger partial charge < -0.3 is 14.8 Å². The minimum absolute atomic E-state index is 0.00551. The molecule has 1 atom stereocenters. The van der Waals surface area contributed by atoms with Crippen molar-refractivity contribution in [1.82, 2.24) is 20.4 Å². The van der Waals surface area contributed by atoms with Gasteiger partial charge in [0.1, 0.15) is 12.4 Å². The monoisotopic (exact) mass is 614 g/mol. The van der Waals surface area contributed by atoms with Gasteiger partial charge in [-0.25, -0.2) is 18.7 Å². The Morgan fingerprint density at radius 2 is 1.79 bits per heavy atom. The molecule has 43 heavy (non-hydrogen) atoms. The van der Waals surface area contributed by atoms with Gasteiger partial charge in [-0.2, -0.15) is 13.9 Å². The second kappa shape index (κ2) is 14.2. The van der Waals surface area contributed by atoms with Gasteiger partial charge in [-0.15, -0.1) is 0 Å². The molecule has 0 aliphatic rings. The lowest BCUT2D eigenvalue weighted by Crippen LogP contribution is -2.58. The predicted molar refractivity (Wildman–Crippen MR) is 158 cm³/mol. The molecule has 2 aromatic carbocycles. The molecule has 0 aliphatic heterocycles. The van der Waals surface area contributed by atoms with Crippen molar-refractivity contribution < 1.29 is 32.2 Å². The van der Waals surface area contributed by atoms with Crippen LogP contribution in [-0.4, -0.2) is 33.1 Å². The zero-order chi connectivity index (χ0) is 31.8. The number of hydrogen-bond acceptors (Lipinski definition) is 6. The number of halogens is 3. The molecule has 0 bridgehead atoms. The maximum atomic E-state index is 15.4. The number of alkyl carbamates (subject to hydrolysis) is 1. The fourth-order valence-corrected chi connectivity index (χ4v) is 4.43. The summed E-state index contributed by atoms with van der Waals surface area (Å²) in [7, 11) is 0. The summed E-state index contributed by atoms with van der Waals surface area (Å²) in [6.45, 7) is 6.16. The maximum absolute atomic E-state index is 15.4. The SMILES string of the molecule is CC(C)OC(=O)[C@](CC(C)(C)C)(NC(=S)NC(=O)OCc1ccccc1)c1ccc(C#Cc2cnn(C(F)F)c2)c(F)c1. The normalized spacial score (nSPS) is 12.6. The number of aromatic nitrogens is 2. The van der Waals surface area contributed by atoms with Crippen molar-refractivity contribution in [2.75, 3.05) is 0 Å². The number of carbonyl (C=O) groups is 2. The quantitative estimate of drug-likeness (QED) is 0.177. The molecule has 2 N–H and O–H groups in total. The number of nitrogens with one attached hydrogen (secondary N) is 2. The van der Waals surface area contributed by atoms with Crippen LogP contribution in [-0.2, 0) is 26.4 Å². The van der Waals surface area contributed by atoms with Gasteiger partial charge in [0.05, 0.1) is 23.4 Å². The lowest BCUT2D eigenvalue weighted by atomic mass is 9.75. The van der Waals surface area contributed by atoms with Gasteiger partial charge in [0.25, 0.3) is 0 Å². The van der Waals surface area contributed by atoms with Crippen LogP contribution in [0.2, 0.25) is 0 Å². The van der Waals surface area contributed by atoms with Crippen LogP contribution in [0, 0.1) is 23.1 Å². The Morgan fingerprint density at radius 3 is 2.37 bits per heavy atom. The fourth-order valence-electron chi connectivity index (χ4n) is 4.18. The smallest absolute Gasteiger partial charge is 0.413 e. The number of ether oxygens (including phenoxy) is 2. The van der Waals surface area contributed by atoms with E-state index in [1.54, 1.807) is 38.1 Å². The number of nitrogens with zero attached hydrogens (tertiary/aromatic N) is 2. The van der Waals surface area contributed by atoms with Crippen LogP contribution >= 0.6 is 12.2 Å².